The molecule has 0 fully saturated rings. The topological polar surface area (TPSA) is 48.3 Å². The van der Waals surface area contributed by atoms with Crippen molar-refractivity contribution in [1.82, 2.24) is 4.57 Å². The first kappa shape index (κ1) is 20.3. The highest BCUT2D eigenvalue weighted by molar-refractivity contribution is 6.06. The van der Waals surface area contributed by atoms with Gasteiger partial charge in [0.05, 0.1) is 10.9 Å². The maximum absolute atomic E-state index is 13.5. The molecule has 0 aliphatic heterocycles. The lowest BCUT2D eigenvalue weighted by Crippen LogP contribution is -2.38. The Balaban J connectivity index is 1.59. The van der Waals surface area contributed by atoms with Crippen LogP contribution in [0.2, 0.25) is 0 Å². The molecule has 0 amide bonds. The van der Waals surface area contributed by atoms with Crippen LogP contribution in [0.25, 0.3) is 10.9 Å². The van der Waals surface area contributed by atoms with Gasteiger partial charge in [0.2, 0.25) is 0 Å². The summed E-state index contributed by atoms with van der Waals surface area (Å²) in [5, 5.41) is 0.950. The van der Waals surface area contributed by atoms with E-state index in [4.69, 9.17) is 4.74 Å². The molecule has 0 spiro atoms. The van der Waals surface area contributed by atoms with Gasteiger partial charge in [0, 0.05) is 16.6 Å². The number of esters is 1. The van der Waals surface area contributed by atoms with E-state index < -0.39 is 5.41 Å². The van der Waals surface area contributed by atoms with Gasteiger partial charge in [-0.2, -0.15) is 0 Å². The van der Waals surface area contributed by atoms with E-state index in [9.17, 15) is 9.59 Å². The summed E-state index contributed by atoms with van der Waals surface area (Å²) in [6, 6.07) is 26.9. The van der Waals surface area contributed by atoms with E-state index in [0.29, 0.717) is 12.0 Å². The fraction of sp³-hybridized carbons (Fsp3) is 0.214. The first-order valence-electron chi connectivity index (χ1n) is 11.0. The molecule has 4 nitrogen and oxygen atoms in total. The number of carbonyl (C=O) groups is 2. The Hall–Kier alpha value is -3.66. The van der Waals surface area contributed by atoms with E-state index >= 15 is 0 Å². The standard InChI is InChI=1S/C28H25NO3/c1-28(27(31)32-19-20-11-4-2-5-12-20)18-10-17-24-25(28)22-15-8-9-16-23(22)29(24)26(30)21-13-6-3-7-14-21/h2-9,11-16H,10,17-19H2,1H3. The second-order valence-corrected chi connectivity index (χ2v) is 8.59. The number of nitrogens with zero attached hydrogens (tertiary/aromatic N) is 1. The van der Waals surface area contributed by atoms with E-state index in [1.54, 1.807) is 0 Å². The van der Waals surface area contributed by atoms with Crippen molar-refractivity contribution < 1.29 is 14.3 Å². The summed E-state index contributed by atoms with van der Waals surface area (Å²) in [6.45, 7) is 2.20. The fourth-order valence-corrected chi connectivity index (χ4v) is 4.91. The number of para-hydroxylation sites is 1. The summed E-state index contributed by atoms with van der Waals surface area (Å²) >= 11 is 0. The van der Waals surface area contributed by atoms with Crippen LogP contribution in [-0.4, -0.2) is 16.4 Å². The Bertz CT molecular complexity index is 1290. The summed E-state index contributed by atoms with van der Waals surface area (Å²) in [4.78, 5) is 27.0. The van der Waals surface area contributed by atoms with Gasteiger partial charge < -0.3 is 4.74 Å². The van der Waals surface area contributed by atoms with Gasteiger partial charge in [-0.25, -0.2) is 0 Å². The highest BCUT2D eigenvalue weighted by atomic mass is 16.5. The molecule has 5 rings (SSSR count). The molecule has 1 aliphatic rings. The molecule has 1 aromatic heterocycles. The zero-order valence-corrected chi connectivity index (χ0v) is 18.1. The van der Waals surface area contributed by atoms with Gasteiger partial charge in [0.1, 0.15) is 6.61 Å². The van der Waals surface area contributed by atoms with Gasteiger partial charge in [-0.1, -0.05) is 66.7 Å². The van der Waals surface area contributed by atoms with Crippen molar-refractivity contribution in [1.29, 1.82) is 0 Å². The van der Waals surface area contributed by atoms with Crippen LogP contribution in [-0.2, 0) is 28.0 Å². The number of rotatable bonds is 4. The van der Waals surface area contributed by atoms with Crippen LogP contribution >= 0.6 is 0 Å². The van der Waals surface area contributed by atoms with Crippen LogP contribution in [0.1, 0.15) is 46.9 Å². The molecule has 0 saturated carbocycles. The lowest BCUT2D eigenvalue weighted by atomic mass is 9.72. The SMILES string of the molecule is CC1(C(=O)OCc2ccccc2)CCCc2c1c1ccccc1n2C(=O)c1ccccc1. The Morgan fingerprint density at radius 3 is 2.31 bits per heavy atom. The molecule has 0 saturated heterocycles. The number of aromatic nitrogens is 1. The molecule has 0 N–H and O–H groups in total. The monoisotopic (exact) mass is 423 g/mol. The average Bonchev–Trinajstić information content (AvgIpc) is 3.19. The van der Waals surface area contributed by atoms with Crippen molar-refractivity contribution >= 4 is 22.8 Å². The Labute approximate surface area is 187 Å². The highest BCUT2D eigenvalue weighted by Gasteiger charge is 2.44. The van der Waals surface area contributed by atoms with Gasteiger partial charge in [0.25, 0.3) is 5.91 Å². The van der Waals surface area contributed by atoms with Gasteiger partial charge in [0.15, 0.2) is 0 Å². The Morgan fingerprint density at radius 1 is 0.906 bits per heavy atom. The third kappa shape index (κ3) is 3.32. The molecule has 1 atom stereocenters. The third-order valence-corrected chi connectivity index (χ3v) is 6.50. The molecule has 3 aromatic carbocycles. The van der Waals surface area contributed by atoms with Crippen LogP contribution in [0.3, 0.4) is 0 Å². The smallest absolute Gasteiger partial charge is 0.316 e. The molecule has 160 valence electrons. The number of fused-ring (bicyclic) bond motifs is 3. The lowest BCUT2D eigenvalue weighted by molar-refractivity contribution is -0.152. The fourth-order valence-electron chi connectivity index (χ4n) is 4.91. The molecule has 1 aliphatic carbocycles. The molecular formula is C28H25NO3. The number of carbonyl (C=O) groups excluding carboxylic acids is 2. The summed E-state index contributed by atoms with van der Waals surface area (Å²) in [7, 11) is 0. The number of benzene rings is 3. The van der Waals surface area contributed by atoms with Crippen LogP contribution < -0.4 is 0 Å². The van der Waals surface area contributed by atoms with E-state index in [0.717, 1.165) is 40.6 Å². The summed E-state index contributed by atoms with van der Waals surface area (Å²) in [5.74, 6) is -0.303. The van der Waals surface area contributed by atoms with Crippen molar-refractivity contribution in [2.75, 3.05) is 0 Å². The predicted molar refractivity (Wildman–Crippen MR) is 125 cm³/mol. The minimum atomic E-state index is -0.801. The van der Waals surface area contributed by atoms with E-state index in [1.165, 1.54) is 0 Å². The quantitative estimate of drug-likeness (QED) is 0.398. The van der Waals surface area contributed by atoms with Gasteiger partial charge >= 0.3 is 5.97 Å². The van der Waals surface area contributed by atoms with Gasteiger partial charge in [-0.3, -0.25) is 14.2 Å². The van der Waals surface area contributed by atoms with Gasteiger partial charge in [-0.15, -0.1) is 0 Å². The van der Waals surface area contributed by atoms with E-state index in [2.05, 4.69) is 0 Å². The average molecular weight is 424 g/mol. The zero-order valence-electron chi connectivity index (χ0n) is 18.1. The van der Waals surface area contributed by atoms with Crippen LogP contribution in [0.15, 0.2) is 84.9 Å². The zero-order chi connectivity index (χ0) is 22.1. The molecule has 1 heterocycles. The predicted octanol–water partition coefficient (Wildman–Crippen LogP) is 5.67. The maximum atomic E-state index is 13.5. The first-order chi connectivity index (χ1) is 15.6. The summed E-state index contributed by atoms with van der Waals surface area (Å²) in [6.07, 6.45) is 2.27. The van der Waals surface area contributed by atoms with Crippen LogP contribution in [0.4, 0.5) is 0 Å². The van der Waals surface area contributed by atoms with Crippen LogP contribution in [0.5, 0.6) is 0 Å². The van der Waals surface area contributed by atoms with Crippen molar-refractivity contribution in [3.63, 3.8) is 0 Å². The minimum Gasteiger partial charge on any atom is -0.460 e. The largest absolute Gasteiger partial charge is 0.460 e. The number of hydrogen-bond acceptors (Lipinski definition) is 3. The Kier molecular flexibility index (Phi) is 5.14. The highest BCUT2D eigenvalue weighted by Crippen LogP contribution is 2.44. The molecule has 4 aromatic rings. The molecule has 1 unspecified atom stereocenters. The third-order valence-electron chi connectivity index (χ3n) is 6.50. The van der Waals surface area contributed by atoms with Crippen molar-refractivity contribution in [2.24, 2.45) is 0 Å². The van der Waals surface area contributed by atoms with Crippen molar-refractivity contribution in [3.05, 3.63) is 107 Å². The normalized spacial score (nSPS) is 17.7. The van der Waals surface area contributed by atoms with Crippen LogP contribution in [0, 0.1) is 0 Å². The van der Waals surface area contributed by atoms with E-state index in [1.807, 2.05) is 96.4 Å². The molecular weight excluding hydrogens is 398 g/mol. The number of hydrogen-bond donors (Lipinski definition) is 0. The molecule has 0 radical (unpaired) electrons. The van der Waals surface area contributed by atoms with Crippen molar-refractivity contribution in [3.8, 4) is 0 Å². The molecule has 4 heteroatoms. The van der Waals surface area contributed by atoms with Crippen molar-refractivity contribution in [2.45, 2.75) is 38.2 Å². The summed E-state index contributed by atoms with van der Waals surface area (Å²) < 4.78 is 7.61. The lowest BCUT2D eigenvalue weighted by Gasteiger charge is -2.32. The Morgan fingerprint density at radius 2 is 1.56 bits per heavy atom. The number of ether oxygens (including phenoxy) is 1. The van der Waals surface area contributed by atoms with E-state index in [-0.39, 0.29) is 18.5 Å². The second-order valence-electron chi connectivity index (χ2n) is 8.59. The summed E-state index contributed by atoms with van der Waals surface area (Å²) in [5.41, 5.74) is 3.49. The molecule has 0 bridgehead atoms. The van der Waals surface area contributed by atoms with Gasteiger partial charge in [-0.05, 0) is 55.5 Å². The maximum Gasteiger partial charge on any atom is 0.316 e. The minimum absolute atomic E-state index is 0.0649. The second kappa shape index (κ2) is 8.12. The molecule has 32 heavy (non-hydrogen) atoms. The first-order valence-corrected chi connectivity index (χ1v) is 11.0.